The summed E-state index contributed by atoms with van der Waals surface area (Å²) in [6.07, 6.45) is 5.40. The van der Waals surface area contributed by atoms with Crippen LogP contribution in [0, 0.1) is 5.92 Å². The third kappa shape index (κ3) is 2.28. The van der Waals surface area contributed by atoms with E-state index in [4.69, 9.17) is 0 Å². The molecule has 0 aromatic heterocycles. The molecule has 1 saturated heterocycles. The molecular formula is C14H28N2. The molecule has 0 radical (unpaired) electrons. The Morgan fingerprint density at radius 2 is 1.88 bits per heavy atom. The van der Waals surface area contributed by atoms with Crippen molar-refractivity contribution in [2.45, 2.75) is 71.0 Å². The maximum Gasteiger partial charge on any atom is 0.0304 e. The smallest absolute Gasteiger partial charge is 0.0304 e. The van der Waals surface area contributed by atoms with E-state index in [1.807, 2.05) is 0 Å². The molecule has 2 rings (SSSR count). The largest absolute Gasteiger partial charge is 0.308 e. The van der Waals surface area contributed by atoms with Crippen molar-refractivity contribution < 1.29 is 0 Å². The van der Waals surface area contributed by atoms with Crippen molar-refractivity contribution >= 4 is 0 Å². The van der Waals surface area contributed by atoms with Crippen molar-refractivity contribution in [2.24, 2.45) is 5.92 Å². The lowest BCUT2D eigenvalue weighted by Gasteiger charge is -2.49. The molecule has 2 heteroatoms. The molecule has 1 atom stereocenters. The molecule has 16 heavy (non-hydrogen) atoms. The lowest BCUT2D eigenvalue weighted by atomic mass is 9.86. The van der Waals surface area contributed by atoms with Gasteiger partial charge in [-0.1, -0.05) is 27.7 Å². The molecule has 1 N–H and O–H groups in total. The van der Waals surface area contributed by atoms with Crippen LogP contribution >= 0.6 is 0 Å². The maximum absolute atomic E-state index is 3.83. The fourth-order valence-corrected chi connectivity index (χ4v) is 3.11. The van der Waals surface area contributed by atoms with Crippen LogP contribution in [0.4, 0.5) is 0 Å². The van der Waals surface area contributed by atoms with Gasteiger partial charge in [-0.3, -0.25) is 4.90 Å². The van der Waals surface area contributed by atoms with Gasteiger partial charge in [-0.2, -0.15) is 0 Å². The van der Waals surface area contributed by atoms with E-state index >= 15 is 0 Å². The zero-order valence-electron chi connectivity index (χ0n) is 11.4. The first-order chi connectivity index (χ1) is 7.62. The minimum absolute atomic E-state index is 0.397. The summed E-state index contributed by atoms with van der Waals surface area (Å²) in [5.74, 6) is 0.778. The van der Waals surface area contributed by atoms with E-state index in [9.17, 15) is 0 Å². The second-order valence-corrected chi connectivity index (χ2v) is 6.08. The summed E-state index contributed by atoms with van der Waals surface area (Å²) in [5.41, 5.74) is 0.397. The Labute approximate surface area is 101 Å². The molecule has 94 valence electrons. The fourth-order valence-electron chi connectivity index (χ4n) is 3.11. The highest BCUT2D eigenvalue weighted by Gasteiger charge is 2.43. The van der Waals surface area contributed by atoms with E-state index in [1.165, 1.54) is 38.8 Å². The third-order valence-electron chi connectivity index (χ3n) is 4.74. The van der Waals surface area contributed by atoms with Gasteiger partial charge in [0, 0.05) is 30.7 Å². The normalized spacial score (nSPS) is 30.9. The van der Waals surface area contributed by atoms with Crippen molar-refractivity contribution in [3.63, 3.8) is 0 Å². The zero-order valence-corrected chi connectivity index (χ0v) is 11.4. The average Bonchev–Trinajstić information content (AvgIpc) is 3.12. The molecular weight excluding hydrogens is 196 g/mol. The SMILES string of the molecule is CCC1(CC)CN(C2CC2)C(C(C)C)CN1. The predicted molar refractivity (Wildman–Crippen MR) is 69.7 cm³/mol. The Hall–Kier alpha value is -0.0800. The summed E-state index contributed by atoms with van der Waals surface area (Å²) in [7, 11) is 0. The lowest BCUT2D eigenvalue weighted by Crippen LogP contribution is -2.65. The highest BCUT2D eigenvalue weighted by Crippen LogP contribution is 2.35. The minimum Gasteiger partial charge on any atom is -0.308 e. The summed E-state index contributed by atoms with van der Waals surface area (Å²) in [6, 6.07) is 1.67. The van der Waals surface area contributed by atoms with Gasteiger partial charge in [0.25, 0.3) is 0 Å². The van der Waals surface area contributed by atoms with E-state index in [0.29, 0.717) is 5.54 Å². The summed E-state index contributed by atoms with van der Waals surface area (Å²) in [6.45, 7) is 11.9. The summed E-state index contributed by atoms with van der Waals surface area (Å²) in [5, 5.41) is 3.83. The first-order valence-corrected chi connectivity index (χ1v) is 7.12. The van der Waals surface area contributed by atoms with Crippen LogP contribution in [0.5, 0.6) is 0 Å². The van der Waals surface area contributed by atoms with Crippen molar-refractivity contribution in [1.82, 2.24) is 10.2 Å². The van der Waals surface area contributed by atoms with Crippen molar-refractivity contribution in [3.8, 4) is 0 Å². The highest BCUT2D eigenvalue weighted by atomic mass is 15.3. The van der Waals surface area contributed by atoms with Gasteiger partial charge in [-0.15, -0.1) is 0 Å². The van der Waals surface area contributed by atoms with Gasteiger partial charge in [-0.05, 0) is 31.6 Å². The molecule has 0 aromatic carbocycles. The van der Waals surface area contributed by atoms with Crippen LogP contribution < -0.4 is 5.32 Å². The van der Waals surface area contributed by atoms with E-state index in [2.05, 4.69) is 37.9 Å². The van der Waals surface area contributed by atoms with Gasteiger partial charge >= 0.3 is 0 Å². The molecule has 0 spiro atoms. The Bertz CT molecular complexity index is 229. The second kappa shape index (κ2) is 4.66. The van der Waals surface area contributed by atoms with Crippen LogP contribution in [0.3, 0.4) is 0 Å². The summed E-state index contributed by atoms with van der Waals surface area (Å²) >= 11 is 0. The monoisotopic (exact) mass is 224 g/mol. The Kier molecular flexibility index (Phi) is 3.60. The van der Waals surface area contributed by atoms with Crippen LogP contribution in [-0.4, -0.2) is 35.6 Å². The van der Waals surface area contributed by atoms with Gasteiger partial charge in [0.2, 0.25) is 0 Å². The molecule has 2 nitrogen and oxygen atoms in total. The van der Waals surface area contributed by atoms with Crippen molar-refractivity contribution in [2.75, 3.05) is 13.1 Å². The van der Waals surface area contributed by atoms with Crippen molar-refractivity contribution in [3.05, 3.63) is 0 Å². The predicted octanol–water partition coefficient (Wildman–Crippen LogP) is 2.64. The van der Waals surface area contributed by atoms with Crippen LogP contribution in [0.2, 0.25) is 0 Å². The van der Waals surface area contributed by atoms with E-state index in [0.717, 1.165) is 18.0 Å². The van der Waals surface area contributed by atoms with E-state index < -0.39 is 0 Å². The molecule has 1 aliphatic heterocycles. The summed E-state index contributed by atoms with van der Waals surface area (Å²) < 4.78 is 0. The standard InChI is InChI=1S/C14H28N2/c1-5-14(6-2)10-16(12-7-8-12)13(9-15-14)11(3)4/h11-13,15H,5-10H2,1-4H3. The first-order valence-electron chi connectivity index (χ1n) is 7.12. The van der Waals surface area contributed by atoms with Crippen molar-refractivity contribution in [1.29, 1.82) is 0 Å². The van der Waals surface area contributed by atoms with Crippen LogP contribution in [0.15, 0.2) is 0 Å². The number of rotatable bonds is 4. The number of nitrogens with zero attached hydrogens (tertiary/aromatic N) is 1. The molecule has 1 unspecified atom stereocenters. The molecule has 0 bridgehead atoms. The number of piperazine rings is 1. The molecule has 1 aliphatic carbocycles. The van der Waals surface area contributed by atoms with Gasteiger partial charge < -0.3 is 5.32 Å². The third-order valence-corrected chi connectivity index (χ3v) is 4.74. The molecule has 0 amide bonds. The molecule has 1 saturated carbocycles. The van der Waals surface area contributed by atoms with Gasteiger partial charge in [0.05, 0.1) is 0 Å². The molecule has 2 fully saturated rings. The van der Waals surface area contributed by atoms with E-state index in [-0.39, 0.29) is 0 Å². The first kappa shape index (κ1) is 12.4. The quantitative estimate of drug-likeness (QED) is 0.790. The topological polar surface area (TPSA) is 15.3 Å². The van der Waals surface area contributed by atoms with E-state index in [1.54, 1.807) is 0 Å². The lowest BCUT2D eigenvalue weighted by molar-refractivity contribution is 0.0439. The Balaban J connectivity index is 2.07. The maximum atomic E-state index is 3.83. The van der Waals surface area contributed by atoms with Gasteiger partial charge in [0.15, 0.2) is 0 Å². The minimum atomic E-state index is 0.397. The number of hydrogen-bond donors (Lipinski definition) is 1. The van der Waals surface area contributed by atoms with Gasteiger partial charge in [-0.25, -0.2) is 0 Å². The molecule has 2 aliphatic rings. The fraction of sp³-hybridized carbons (Fsp3) is 1.00. The summed E-state index contributed by atoms with van der Waals surface area (Å²) in [4.78, 5) is 2.81. The average molecular weight is 224 g/mol. The van der Waals surface area contributed by atoms with Crippen LogP contribution in [0.1, 0.15) is 53.4 Å². The number of nitrogens with one attached hydrogen (secondary N) is 1. The zero-order chi connectivity index (χ0) is 11.8. The van der Waals surface area contributed by atoms with Gasteiger partial charge in [0.1, 0.15) is 0 Å². The Morgan fingerprint density at radius 1 is 1.25 bits per heavy atom. The second-order valence-electron chi connectivity index (χ2n) is 6.08. The van der Waals surface area contributed by atoms with Crippen LogP contribution in [0.25, 0.3) is 0 Å². The number of hydrogen-bond acceptors (Lipinski definition) is 2. The highest BCUT2D eigenvalue weighted by molar-refractivity contribution is 5.02. The molecule has 0 aromatic rings. The van der Waals surface area contributed by atoms with Crippen LogP contribution in [-0.2, 0) is 0 Å². The Morgan fingerprint density at radius 3 is 2.31 bits per heavy atom. The molecule has 1 heterocycles.